The van der Waals surface area contributed by atoms with E-state index in [1.807, 2.05) is 12.1 Å². The van der Waals surface area contributed by atoms with Crippen LogP contribution in [0.15, 0.2) is 98.6 Å². The van der Waals surface area contributed by atoms with Gasteiger partial charge in [-0.15, -0.1) is 5.10 Å². The molecule has 0 spiro atoms. The number of amidine groups is 1. The van der Waals surface area contributed by atoms with E-state index in [0.717, 1.165) is 17.3 Å². The molecule has 10 nitrogen and oxygen atoms in total. The van der Waals surface area contributed by atoms with Crippen LogP contribution >= 0.6 is 23.4 Å². The van der Waals surface area contributed by atoms with Gasteiger partial charge in [-0.05, 0) is 102 Å². The Morgan fingerprint density at radius 1 is 1.06 bits per heavy atom. The lowest BCUT2D eigenvalue weighted by Gasteiger charge is -2.13. The molecule has 248 valence electrons. The van der Waals surface area contributed by atoms with Crippen LogP contribution in [0.4, 0.5) is 10.1 Å². The van der Waals surface area contributed by atoms with Gasteiger partial charge >= 0.3 is 0 Å². The number of hydrogen-bond acceptors (Lipinski definition) is 9. The number of nitrogens with one attached hydrogen (secondary N) is 1. The first kappa shape index (κ1) is 34.3. The van der Waals surface area contributed by atoms with Crippen molar-refractivity contribution in [1.82, 2.24) is 4.90 Å². The van der Waals surface area contributed by atoms with Crippen LogP contribution in [0.25, 0.3) is 6.08 Å². The fourth-order valence-corrected chi connectivity index (χ4v) is 5.45. The Morgan fingerprint density at radius 2 is 1.85 bits per heavy atom. The molecular formula is C35H32ClFN4O6S. The molecule has 5 rings (SSSR count). The SMILES string of the molecule is COc1cc(/C=N/N=C2\S/C(=C\c3cc(Cl)ccc3OCC(=O)Nc3ccc(F)cc3)C(=O)N2Cc2ccco2)ccc1OCC(C)C. The summed E-state index contributed by atoms with van der Waals surface area (Å²) in [5, 5.41) is 12.0. The highest BCUT2D eigenvalue weighted by Gasteiger charge is 2.34. The molecule has 0 saturated carbocycles. The van der Waals surface area contributed by atoms with E-state index in [2.05, 4.69) is 29.4 Å². The van der Waals surface area contributed by atoms with Crippen molar-refractivity contribution in [2.45, 2.75) is 20.4 Å². The van der Waals surface area contributed by atoms with Crippen molar-refractivity contribution in [3.05, 3.63) is 112 Å². The predicted octanol–water partition coefficient (Wildman–Crippen LogP) is 7.64. The minimum Gasteiger partial charge on any atom is -0.493 e. The first-order valence-electron chi connectivity index (χ1n) is 14.8. The third-order valence-corrected chi connectivity index (χ3v) is 7.87. The molecule has 3 aromatic carbocycles. The van der Waals surface area contributed by atoms with Crippen LogP contribution in [-0.4, -0.2) is 48.4 Å². The molecule has 1 aromatic heterocycles. The number of carbonyl (C=O) groups excluding carboxylic acids is 2. The van der Waals surface area contributed by atoms with Gasteiger partial charge in [0.15, 0.2) is 23.3 Å². The number of thioether (sulfide) groups is 1. The van der Waals surface area contributed by atoms with E-state index < -0.39 is 11.7 Å². The summed E-state index contributed by atoms with van der Waals surface area (Å²) in [6.45, 7) is 4.48. The van der Waals surface area contributed by atoms with Gasteiger partial charge in [0, 0.05) is 16.3 Å². The Morgan fingerprint density at radius 3 is 2.58 bits per heavy atom. The monoisotopic (exact) mass is 690 g/mol. The van der Waals surface area contributed by atoms with Gasteiger partial charge < -0.3 is 23.9 Å². The number of amides is 2. The van der Waals surface area contributed by atoms with Crippen LogP contribution in [0, 0.1) is 11.7 Å². The smallest absolute Gasteiger partial charge is 0.267 e. The van der Waals surface area contributed by atoms with Crippen molar-refractivity contribution in [3.8, 4) is 17.2 Å². The van der Waals surface area contributed by atoms with Gasteiger partial charge in [0.1, 0.15) is 17.3 Å². The fraction of sp³-hybridized carbons (Fsp3) is 0.200. The molecule has 0 radical (unpaired) electrons. The average Bonchev–Trinajstić information content (AvgIpc) is 3.69. The summed E-state index contributed by atoms with van der Waals surface area (Å²) in [6, 6.07) is 19.2. The Bertz CT molecular complexity index is 1840. The van der Waals surface area contributed by atoms with E-state index in [4.69, 9.17) is 30.2 Å². The minimum absolute atomic E-state index is 0.128. The summed E-state index contributed by atoms with van der Waals surface area (Å²) in [5.41, 5.74) is 1.62. The molecule has 13 heteroatoms. The van der Waals surface area contributed by atoms with Gasteiger partial charge in [-0.1, -0.05) is 25.4 Å². The van der Waals surface area contributed by atoms with Crippen molar-refractivity contribution in [1.29, 1.82) is 0 Å². The molecule has 1 aliphatic heterocycles. The van der Waals surface area contributed by atoms with Crippen LogP contribution in [0.5, 0.6) is 17.2 Å². The van der Waals surface area contributed by atoms with Gasteiger partial charge in [0.05, 0.1) is 37.6 Å². The Labute approximate surface area is 286 Å². The Kier molecular flexibility index (Phi) is 11.5. The third kappa shape index (κ3) is 9.26. The molecule has 4 aromatic rings. The van der Waals surface area contributed by atoms with Crippen molar-refractivity contribution in [2.24, 2.45) is 16.1 Å². The number of carbonyl (C=O) groups is 2. The Hall–Kier alpha value is -5.07. The van der Waals surface area contributed by atoms with Crippen LogP contribution in [0.2, 0.25) is 5.02 Å². The number of benzene rings is 3. The molecule has 1 fully saturated rings. The number of furan rings is 1. The molecule has 1 saturated heterocycles. The van der Waals surface area contributed by atoms with E-state index in [0.29, 0.717) is 61.9 Å². The zero-order chi connectivity index (χ0) is 34.0. The summed E-state index contributed by atoms with van der Waals surface area (Å²) >= 11 is 7.41. The molecule has 48 heavy (non-hydrogen) atoms. The third-order valence-electron chi connectivity index (χ3n) is 6.64. The lowest BCUT2D eigenvalue weighted by atomic mass is 10.2. The quantitative estimate of drug-likeness (QED) is 0.0871. The van der Waals surface area contributed by atoms with Crippen molar-refractivity contribution in [3.63, 3.8) is 0 Å². The normalized spacial score (nSPS) is 14.8. The second kappa shape index (κ2) is 16.2. The van der Waals surface area contributed by atoms with E-state index in [-0.39, 0.29) is 19.1 Å². The summed E-state index contributed by atoms with van der Waals surface area (Å²) in [5.74, 6) is 1.24. The standard InChI is InChI=1S/C35H32ClFN4O6S/c1-22(2)20-46-30-12-6-23(15-31(30)44-3)18-38-40-35-41(19-28-5-4-14-45-28)34(43)32(48-35)17-24-16-25(36)7-13-29(24)47-21-33(42)39-27-10-8-26(37)9-11-27/h4-18,22H,19-21H2,1-3H3,(H,39,42)/b32-17-,38-18+,40-35-. The van der Waals surface area contributed by atoms with E-state index in [1.165, 1.54) is 35.4 Å². The molecule has 0 bridgehead atoms. The maximum atomic E-state index is 13.7. The van der Waals surface area contributed by atoms with Gasteiger partial charge in [-0.25, -0.2) is 4.39 Å². The lowest BCUT2D eigenvalue weighted by molar-refractivity contribution is -0.122. The van der Waals surface area contributed by atoms with Gasteiger partial charge in [0.25, 0.3) is 11.8 Å². The van der Waals surface area contributed by atoms with Crippen molar-refractivity contribution >= 4 is 58.3 Å². The number of rotatable bonds is 13. The first-order valence-corrected chi connectivity index (χ1v) is 16.0. The molecule has 2 heterocycles. The number of ether oxygens (including phenoxy) is 3. The van der Waals surface area contributed by atoms with Crippen LogP contribution in [-0.2, 0) is 16.1 Å². The summed E-state index contributed by atoms with van der Waals surface area (Å²) in [4.78, 5) is 28.0. The zero-order valence-electron chi connectivity index (χ0n) is 26.3. The van der Waals surface area contributed by atoms with Crippen LogP contribution in [0.1, 0.15) is 30.7 Å². The highest BCUT2D eigenvalue weighted by molar-refractivity contribution is 8.18. The molecule has 0 atom stereocenters. The molecule has 2 amide bonds. The number of anilines is 1. The zero-order valence-corrected chi connectivity index (χ0v) is 27.9. The fourth-order valence-electron chi connectivity index (χ4n) is 4.34. The van der Waals surface area contributed by atoms with Crippen LogP contribution < -0.4 is 19.5 Å². The number of nitrogens with zero attached hydrogens (tertiary/aromatic N) is 3. The lowest BCUT2D eigenvalue weighted by Crippen LogP contribution is -2.28. The molecule has 0 unspecified atom stereocenters. The van der Waals surface area contributed by atoms with Crippen LogP contribution in [0.3, 0.4) is 0 Å². The predicted molar refractivity (Wildman–Crippen MR) is 185 cm³/mol. The number of hydrogen-bond donors (Lipinski definition) is 1. The van der Waals surface area contributed by atoms with Gasteiger partial charge in [-0.3, -0.25) is 14.5 Å². The molecular weight excluding hydrogens is 659 g/mol. The van der Waals surface area contributed by atoms with E-state index in [1.54, 1.807) is 55.8 Å². The van der Waals surface area contributed by atoms with Crippen molar-refractivity contribution in [2.75, 3.05) is 25.6 Å². The largest absolute Gasteiger partial charge is 0.493 e. The second-order valence-electron chi connectivity index (χ2n) is 10.8. The molecule has 0 aliphatic carbocycles. The maximum Gasteiger partial charge on any atom is 0.267 e. The maximum absolute atomic E-state index is 13.7. The molecule has 1 N–H and O–H groups in total. The number of methoxy groups -OCH3 is 1. The van der Waals surface area contributed by atoms with E-state index in [9.17, 15) is 14.0 Å². The Balaban J connectivity index is 1.35. The summed E-state index contributed by atoms with van der Waals surface area (Å²) in [6.07, 6.45) is 4.70. The second-order valence-corrected chi connectivity index (χ2v) is 12.3. The number of halogens is 2. The van der Waals surface area contributed by atoms with Gasteiger partial charge in [0.2, 0.25) is 0 Å². The molecule has 1 aliphatic rings. The summed E-state index contributed by atoms with van der Waals surface area (Å²) < 4.78 is 35.8. The topological polar surface area (TPSA) is 115 Å². The van der Waals surface area contributed by atoms with Crippen molar-refractivity contribution < 1.29 is 32.6 Å². The summed E-state index contributed by atoms with van der Waals surface area (Å²) in [7, 11) is 1.57. The highest BCUT2D eigenvalue weighted by atomic mass is 35.5. The first-order chi connectivity index (χ1) is 23.2. The van der Waals surface area contributed by atoms with E-state index >= 15 is 0 Å². The minimum atomic E-state index is -0.450. The average molecular weight is 691 g/mol. The van der Waals surface area contributed by atoms with Gasteiger partial charge in [-0.2, -0.15) is 5.10 Å². The highest BCUT2D eigenvalue weighted by Crippen LogP contribution is 2.36.